The Kier molecular flexibility index (Phi) is 6.29. The monoisotopic (exact) mass is 457 g/mol. The molecule has 0 aromatic heterocycles. The normalized spacial score (nSPS) is 24.7. The summed E-state index contributed by atoms with van der Waals surface area (Å²) in [6.07, 6.45) is 3.33. The zero-order valence-corrected chi connectivity index (χ0v) is 19.3. The highest BCUT2D eigenvalue weighted by Gasteiger charge is 2.36. The van der Waals surface area contributed by atoms with E-state index in [0.29, 0.717) is 6.04 Å². The van der Waals surface area contributed by atoms with Gasteiger partial charge in [-0.15, -0.1) is 0 Å². The van der Waals surface area contributed by atoms with Gasteiger partial charge in [-0.2, -0.15) is 0 Å². The fraction of sp³-hybridized carbons (Fsp3) is 0.480. The molecule has 2 aliphatic heterocycles. The molecule has 0 N–H and O–H groups in total. The number of hydrogen-bond donors (Lipinski definition) is 0. The largest absolute Gasteiger partial charge is 0.365 e. The van der Waals surface area contributed by atoms with E-state index in [9.17, 15) is 4.39 Å². The predicted octanol–water partition coefficient (Wildman–Crippen LogP) is 5.10. The number of rotatable bonds is 5. The molecule has 1 aliphatic carbocycles. The lowest BCUT2D eigenvalue weighted by molar-refractivity contribution is 0.0920. The topological polar surface area (TPSA) is 9.72 Å². The van der Waals surface area contributed by atoms with E-state index >= 15 is 0 Å². The lowest BCUT2D eigenvalue weighted by Crippen LogP contribution is -2.49. The van der Waals surface area contributed by atoms with Crippen LogP contribution in [0.25, 0.3) is 0 Å². The molecule has 0 bridgehead atoms. The molecule has 164 valence electrons. The van der Waals surface area contributed by atoms with Gasteiger partial charge in [0.2, 0.25) is 0 Å². The molecule has 2 atom stereocenters. The van der Waals surface area contributed by atoms with Crippen LogP contribution in [0.1, 0.15) is 47.9 Å². The van der Waals surface area contributed by atoms with Crippen LogP contribution in [0.3, 0.4) is 0 Å². The van der Waals surface area contributed by atoms with Crippen molar-refractivity contribution in [1.29, 1.82) is 0 Å². The highest BCUT2D eigenvalue weighted by molar-refractivity contribution is 7.80. The molecule has 6 heteroatoms. The minimum absolute atomic E-state index is 0.185. The molecule has 2 fully saturated rings. The Hall–Kier alpha value is -1.53. The first kappa shape index (κ1) is 21.3. The molecular formula is C25H29ClFN3S. The van der Waals surface area contributed by atoms with Gasteiger partial charge in [-0.05, 0) is 60.2 Å². The molecule has 2 aromatic carbocycles. The molecule has 0 spiro atoms. The van der Waals surface area contributed by atoms with E-state index < -0.39 is 0 Å². The standard InChI is InChI=1S/C25H29ClFN3S/c26-19-5-8-21-23(16-19)22(18-3-6-20(27)7-4-18)17-24(21)29-13-10-28(11-14-29)12-15-30-9-1-2-25(30)31/h3-8,16,22,24H,1-2,9-15,17H2/t22-,24+/m0/s1. The number of halogens is 2. The van der Waals surface area contributed by atoms with Gasteiger partial charge in [-0.1, -0.05) is 42.0 Å². The Balaban J connectivity index is 1.25. The number of likely N-dealkylation sites (tertiary alicyclic amines) is 1. The lowest BCUT2D eigenvalue weighted by atomic mass is 9.93. The molecule has 0 radical (unpaired) electrons. The van der Waals surface area contributed by atoms with Gasteiger partial charge in [0.25, 0.3) is 0 Å². The van der Waals surface area contributed by atoms with E-state index in [4.69, 9.17) is 23.8 Å². The number of benzene rings is 2. The van der Waals surface area contributed by atoms with E-state index in [0.717, 1.165) is 68.7 Å². The van der Waals surface area contributed by atoms with E-state index in [-0.39, 0.29) is 11.7 Å². The smallest absolute Gasteiger partial charge is 0.123 e. The maximum atomic E-state index is 13.5. The molecule has 0 amide bonds. The third-order valence-corrected chi connectivity index (χ3v) is 7.92. The summed E-state index contributed by atoms with van der Waals surface area (Å²) in [4.78, 5) is 8.73. The van der Waals surface area contributed by atoms with Crippen molar-refractivity contribution >= 4 is 28.8 Å². The lowest BCUT2D eigenvalue weighted by Gasteiger charge is -2.39. The molecule has 2 saturated heterocycles. The van der Waals surface area contributed by atoms with Crippen LogP contribution in [-0.2, 0) is 0 Å². The SMILES string of the molecule is Fc1ccc([C@@H]2C[C@@H](N3CCN(CCN4CCCC4=S)CC3)c3ccc(Cl)cc32)cc1. The summed E-state index contributed by atoms with van der Waals surface area (Å²) >= 11 is 11.8. The first-order valence-electron chi connectivity index (χ1n) is 11.4. The van der Waals surface area contributed by atoms with E-state index in [1.165, 1.54) is 23.1 Å². The number of nitrogens with zero attached hydrogens (tertiary/aromatic N) is 3. The van der Waals surface area contributed by atoms with Crippen LogP contribution < -0.4 is 0 Å². The summed E-state index contributed by atoms with van der Waals surface area (Å²) < 4.78 is 13.5. The van der Waals surface area contributed by atoms with Crippen LogP contribution in [0.15, 0.2) is 42.5 Å². The Labute approximate surface area is 194 Å². The maximum absolute atomic E-state index is 13.5. The highest BCUT2D eigenvalue weighted by atomic mass is 35.5. The summed E-state index contributed by atoms with van der Waals surface area (Å²) in [7, 11) is 0. The second kappa shape index (κ2) is 9.14. The highest BCUT2D eigenvalue weighted by Crippen LogP contribution is 2.47. The van der Waals surface area contributed by atoms with Crippen LogP contribution in [0.5, 0.6) is 0 Å². The molecule has 2 aromatic rings. The molecule has 31 heavy (non-hydrogen) atoms. The van der Waals surface area contributed by atoms with E-state index in [1.807, 2.05) is 18.2 Å². The van der Waals surface area contributed by atoms with Crippen LogP contribution in [0.2, 0.25) is 5.02 Å². The first-order valence-corrected chi connectivity index (χ1v) is 12.2. The van der Waals surface area contributed by atoms with Gasteiger partial charge in [0.15, 0.2) is 0 Å². The third-order valence-electron chi connectivity index (χ3n) is 7.22. The first-order chi connectivity index (χ1) is 15.1. The van der Waals surface area contributed by atoms with Gasteiger partial charge >= 0.3 is 0 Å². The van der Waals surface area contributed by atoms with Crippen molar-refractivity contribution in [2.75, 3.05) is 45.8 Å². The molecule has 2 heterocycles. The van der Waals surface area contributed by atoms with Gasteiger partial charge in [-0.25, -0.2) is 4.39 Å². The molecule has 3 nitrogen and oxygen atoms in total. The summed E-state index contributed by atoms with van der Waals surface area (Å²) in [6, 6.07) is 13.7. The molecule has 3 aliphatic rings. The zero-order chi connectivity index (χ0) is 21.4. The third kappa shape index (κ3) is 4.51. The van der Waals surface area contributed by atoms with Gasteiger partial charge < -0.3 is 4.90 Å². The second-order valence-corrected chi connectivity index (χ2v) is 9.90. The number of piperazine rings is 1. The van der Waals surface area contributed by atoms with Crippen molar-refractivity contribution in [1.82, 2.24) is 14.7 Å². The van der Waals surface area contributed by atoms with Gasteiger partial charge in [0.1, 0.15) is 5.82 Å². The quantitative estimate of drug-likeness (QED) is 0.578. The zero-order valence-electron chi connectivity index (χ0n) is 17.8. The average molecular weight is 458 g/mol. The Morgan fingerprint density at radius 1 is 0.935 bits per heavy atom. The van der Waals surface area contributed by atoms with Crippen molar-refractivity contribution in [3.63, 3.8) is 0 Å². The van der Waals surface area contributed by atoms with Gasteiger partial charge in [0.05, 0.1) is 4.99 Å². The number of hydrogen-bond acceptors (Lipinski definition) is 3. The molecule has 0 saturated carbocycles. The summed E-state index contributed by atoms with van der Waals surface area (Å²) in [5, 5.41) is 0.774. The molecule has 5 rings (SSSR count). The van der Waals surface area contributed by atoms with Crippen molar-refractivity contribution in [3.8, 4) is 0 Å². The fourth-order valence-corrected chi connectivity index (χ4v) is 5.99. The van der Waals surface area contributed by atoms with Crippen LogP contribution in [0, 0.1) is 5.82 Å². The molecule has 0 unspecified atom stereocenters. The predicted molar refractivity (Wildman–Crippen MR) is 128 cm³/mol. The van der Waals surface area contributed by atoms with E-state index in [1.54, 1.807) is 12.1 Å². The summed E-state index contributed by atoms with van der Waals surface area (Å²) in [5.74, 6) is 0.0870. The van der Waals surface area contributed by atoms with Gasteiger partial charge in [0, 0.05) is 62.8 Å². The van der Waals surface area contributed by atoms with Gasteiger partial charge in [-0.3, -0.25) is 9.80 Å². The van der Waals surface area contributed by atoms with Crippen molar-refractivity contribution in [2.45, 2.75) is 31.2 Å². The number of fused-ring (bicyclic) bond motifs is 1. The average Bonchev–Trinajstić information content (AvgIpc) is 3.36. The van der Waals surface area contributed by atoms with Crippen molar-refractivity contribution < 1.29 is 4.39 Å². The van der Waals surface area contributed by atoms with Crippen molar-refractivity contribution in [3.05, 3.63) is 70.0 Å². The maximum Gasteiger partial charge on any atom is 0.123 e. The molecular weight excluding hydrogens is 429 g/mol. The minimum atomic E-state index is -0.185. The van der Waals surface area contributed by atoms with Crippen molar-refractivity contribution in [2.24, 2.45) is 0 Å². The Morgan fingerprint density at radius 3 is 2.42 bits per heavy atom. The second-order valence-electron chi connectivity index (χ2n) is 8.99. The Bertz CT molecular complexity index is 942. The fourth-order valence-electron chi connectivity index (χ4n) is 5.49. The minimum Gasteiger partial charge on any atom is -0.365 e. The van der Waals surface area contributed by atoms with E-state index in [2.05, 4.69) is 26.8 Å². The Morgan fingerprint density at radius 2 is 1.71 bits per heavy atom. The van der Waals surface area contributed by atoms with Crippen LogP contribution >= 0.6 is 23.8 Å². The van der Waals surface area contributed by atoms with Crippen LogP contribution in [-0.4, -0.2) is 65.5 Å². The summed E-state index contributed by atoms with van der Waals surface area (Å²) in [6.45, 7) is 7.65. The number of thiocarbonyl (C=S) groups is 1. The summed E-state index contributed by atoms with van der Waals surface area (Å²) in [5.41, 5.74) is 3.86. The van der Waals surface area contributed by atoms with Crippen LogP contribution in [0.4, 0.5) is 4.39 Å².